The lowest BCUT2D eigenvalue weighted by atomic mass is 10.1. The largest absolute Gasteiger partial charge is 0.350 e. The summed E-state index contributed by atoms with van der Waals surface area (Å²) in [5, 5.41) is 6.37. The van der Waals surface area contributed by atoms with Gasteiger partial charge in [0.2, 0.25) is 5.91 Å². The van der Waals surface area contributed by atoms with E-state index in [1.54, 1.807) is 0 Å². The number of rotatable bonds is 2. The molecule has 0 aliphatic carbocycles. The maximum atomic E-state index is 12.0. The van der Waals surface area contributed by atoms with Gasteiger partial charge in [0, 0.05) is 31.2 Å². The first kappa shape index (κ1) is 13.5. The lowest BCUT2D eigenvalue weighted by Gasteiger charge is -2.38. The van der Waals surface area contributed by atoms with Crippen LogP contribution in [0.25, 0.3) is 0 Å². The van der Waals surface area contributed by atoms with Crippen LogP contribution in [-0.2, 0) is 4.79 Å². The standard InChI is InChI=1S/C12H25N3O/c1-9-8-13-6-7-15(9)10(2)11(16)14-12(3,4)5/h9-10,13H,6-8H2,1-5H3,(H,14,16)/t9-,10?/m0/s1. The van der Waals surface area contributed by atoms with Crippen LogP contribution in [0.3, 0.4) is 0 Å². The second-order valence-electron chi connectivity index (χ2n) is 5.71. The van der Waals surface area contributed by atoms with Crippen LogP contribution in [0.1, 0.15) is 34.6 Å². The Morgan fingerprint density at radius 2 is 2.12 bits per heavy atom. The van der Waals surface area contributed by atoms with Crippen LogP contribution in [0.15, 0.2) is 0 Å². The number of nitrogens with zero attached hydrogens (tertiary/aromatic N) is 1. The summed E-state index contributed by atoms with van der Waals surface area (Å²) in [5.41, 5.74) is -0.150. The second kappa shape index (κ2) is 5.15. The zero-order chi connectivity index (χ0) is 12.3. The molecule has 0 bridgehead atoms. The Kier molecular flexibility index (Phi) is 4.33. The molecule has 4 nitrogen and oxygen atoms in total. The van der Waals surface area contributed by atoms with E-state index in [1.807, 2.05) is 27.7 Å². The van der Waals surface area contributed by atoms with E-state index in [0.29, 0.717) is 6.04 Å². The van der Waals surface area contributed by atoms with E-state index in [2.05, 4.69) is 22.5 Å². The third-order valence-electron chi connectivity index (χ3n) is 2.93. The van der Waals surface area contributed by atoms with Crippen molar-refractivity contribution in [2.45, 2.75) is 52.2 Å². The Hall–Kier alpha value is -0.610. The monoisotopic (exact) mass is 227 g/mol. The maximum Gasteiger partial charge on any atom is 0.237 e. The van der Waals surface area contributed by atoms with Crippen LogP contribution < -0.4 is 10.6 Å². The zero-order valence-corrected chi connectivity index (χ0v) is 11.1. The first-order valence-electron chi connectivity index (χ1n) is 6.10. The highest BCUT2D eigenvalue weighted by Crippen LogP contribution is 2.09. The van der Waals surface area contributed by atoms with E-state index in [-0.39, 0.29) is 17.5 Å². The number of carbonyl (C=O) groups is 1. The van der Waals surface area contributed by atoms with Gasteiger partial charge in [-0.25, -0.2) is 0 Å². The molecule has 0 saturated carbocycles. The highest BCUT2D eigenvalue weighted by atomic mass is 16.2. The highest BCUT2D eigenvalue weighted by Gasteiger charge is 2.29. The third-order valence-corrected chi connectivity index (χ3v) is 2.93. The fourth-order valence-corrected chi connectivity index (χ4v) is 2.06. The molecule has 1 heterocycles. The molecule has 0 aromatic heterocycles. The van der Waals surface area contributed by atoms with Gasteiger partial charge >= 0.3 is 0 Å². The van der Waals surface area contributed by atoms with Gasteiger partial charge in [-0.3, -0.25) is 9.69 Å². The molecule has 1 fully saturated rings. The van der Waals surface area contributed by atoms with Gasteiger partial charge < -0.3 is 10.6 Å². The van der Waals surface area contributed by atoms with Crippen molar-refractivity contribution >= 4 is 5.91 Å². The number of carbonyl (C=O) groups excluding carboxylic acids is 1. The van der Waals surface area contributed by atoms with E-state index in [0.717, 1.165) is 19.6 Å². The Morgan fingerprint density at radius 3 is 2.62 bits per heavy atom. The predicted octanol–water partition coefficient (Wildman–Crippen LogP) is 0.583. The molecular formula is C12H25N3O. The summed E-state index contributed by atoms with van der Waals surface area (Å²) in [6.45, 7) is 13.1. The van der Waals surface area contributed by atoms with Gasteiger partial charge in [-0.15, -0.1) is 0 Å². The summed E-state index contributed by atoms with van der Waals surface area (Å²) in [7, 11) is 0. The Morgan fingerprint density at radius 1 is 1.50 bits per heavy atom. The fourth-order valence-electron chi connectivity index (χ4n) is 2.06. The average Bonchev–Trinajstić information content (AvgIpc) is 2.15. The molecule has 2 atom stereocenters. The summed E-state index contributed by atoms with van der Waals surface area (Å²) < 4.78 is 0. The molecule has 0 aromatic rings. The molecule has 0 radical (unpaired) electrons. The van der Waals surface area contributed by atoms with E-state index in [1.165, 1.54) is 0 Å². The Bertz CT molecular complexity index is 247. The van der Waals surface area contributed by atoms with Crippen LogP contribution in [0.4, 0.5) is 0 Å². The van der Waals surface area contributed by atoms with Crippen LogP contribution in [0.2, 0.25) is 0 Å². The average molecular weight is 227 g/mol. The Labute approximate surface area is 98.8 Å². The molecule has 0 aromatic carbocycles. The van der Waals surface area contributed by atoms with Gasteiger partial charge in [0.1, 0.15) is 0 Å². The van der Waals surface area contributed by atoms with Crippen molar-refractivity contribution in [2.24, 2.45) is 0 Å². The van der Waals surface area contributed by atoms with E-state index in [4.69, 9.17) is 0 Å². The van der Waals surface area contributed by atoms with E-state index in [9.17, 15) is 4.79 Å². The molecule has 1 aliphatic heterocycles. The normalized spacial score (nSPS) is 25.2. The van der Waals surface area contributed by atoms with Crippen molar-refractivity contribution < 1.29 is 4.79 Å². The minimum absolute atomic E-state index is 0.0451. The summed E-state index contributed by atoms with van der Waals surface area (Å²) >= 11 is 0. The third kappa shape index (κ3) is 3.76. The van der Waals surface area contributed by atoms with Crippen LogP contribution in [0, 0.1) is 0 Å². The molecule has 0 spiro atoms. The summed E-state index contributed by atoms with van der Waals surface area (Å²) in [5.74, 6) is 0.126. The van der Waals surface area contributed by atoms with Crippen molar-refractivity contribution in [1.82, 2.24) is 15.5 Å². The molecule has 16 heavy (non-hydrogen) atoms. The quantitative estimate of drug-likeness (QED) is 0.725. The van der Waals surface area contributed by atoms with Crippen molar-refractivity contribution in [2.75, 3.05) is 19.6 Å². The van der Waals surface area contributed by atoms with Crippen LogP contribution >= 0.6 is 0 Å². The number of amides is 1. The molecule has 1 unspecified atom stereocenters. The summed E-state index contributed by atoms with van der Waals surface area (Å²) in [6, 6.07) is 0.380. The maximum absolute atomic E-state index is 12.0. The predicted molar refractivity (Wildman–Crippen MR) is 66.4 cm³/mol. The minimum Gasteiger partial charge on any atom is -0.350 e. The Balaban J connectivity index is 2.55. The van der Waals surface area contributed by atoms with Crippen molar-refractivity contribution in [1.29, 1.82) is 0 Å². The number of nitrogens with one attached hydrogen (secondary N) is 2. The van der Waals surface area contributed by atoms with Gasteiger partial charge in [-0.2, -0.15) is 0 Å². The van der Waals surface area contributed by atoms with Gasteiger partial charge in [-0.05, 0) is 34.6 Å². The molecule has 1 aliphatic rings. The van der Waals surface area contributed by atoms with Gasteiger partial charge in [0.25, 0.3) is 0 Å². The van der Waals surface area contributed by atoms with Crippen molar-refractivity contribution in [3.05, 3.63) is 0 Å². The second-order valence-corrected chi connectivity index (χ2v) is 5.71. The topological polar surface area (TPSA) is 44.4 Å². The first-order chi connectivity index (χ1) is 7.31. The molecule has 1 amide bonds. The molecule has 1 saturated heterocycles. The van der Waals surface area contributed by atoms with E-state index >= 15 is 0 Å². The lowest BCUT2D eigenvalue weighted by molar-refractivity contribution is -0.128. The van der Waals surface area contributed by atoms with Crippen LogP contribution in [-0.4, -0.2) is 48.1 Å². The number of piperazine rings is 1. The SMILES string of the molecule is CC(C(=O)NC(C)(C)C)N1CCNC[C@@H]1C. The van der Waals surface area contributed by atoms with Crippen molar-refractivity contribution in [3.63, 3.8) is 0 Å². The fraction of sp³-hybridized carbons (Fsp3) is 0.917. The number of hydrogen-bond donors (Lipinski definition) is 2. The van der Waals surface area contributed by atoms with Gasteiger partial charge in [0.05, 0.1) is 6.04 Å². The molecule has 1 rings (SSSR count). The molecular weight excluding hydrogens is 202 g/mol. The molecule has 2 N–H and O–H groups in total. The van der Waals surface area contributed by atoms with E-state index < -0.39 is 0 Å². The van der Waals surface area contributed by atoms with Crippen LogP contribution in [0.5, 0.6) is 0 Å². The summed E-state index contributed by atoms with van der Waals surface area (Å²) in [4.78, 5) is 14.3. The molecule has 4 heteroatoms. The minimum atomic E-state index is -0.150. The summed E-state index contributed by atoms with van der Waals surface area (Å²) in [6.07, 6.45) is 0. The van der Waals surface area contributed by atoms with Crippen molar-refractivity contribution in [3.8, 4) is 0 Å². The highest BCUT2D eigenvalue weighted by molar-refractivity contribution is 5.82. The first-order valence-corrected chi connectivity index (χ1v) is 6.10. The van der Waals surface area contributed by atoms with Gasteiger partial charge in [0.15, 0.2) is 0 Å². The lowest BCUT2D eigenvalue weighted by Crippen LogP contribution is -2.58. The number of hydrogen-bond acceptors (Lipinski definition) is 3. The molecule has 94 valence electrons. The zero-order valence-electron chi connectivity index (χ0n) is 11.1. The van der Waals surface area contributed by atoms with Gasteiger partial charge in [-0.1, -0.05) is 0 Å². The smallest absolute Gasteiger partial charge is 0.237 e.